The smallest absolute Gasteiger partial charge is 0.256 e. The average Bonchev–Trinajstić information content (AvgIpc) is 1.97. The minimum Gasteiger partial charge on any atom is -0.471 e. The zero-order valence-corrected chi connectivity index (χ0v) is 8.33. The van der Waals surface area contributed by atoms with Crippen molar-refractivity contribution in [1.82, 2.24) is 5.32 Å². The molecule has 0 rings (SSSR count). The molecule has 1 N–H and O–H groups in total. The first-order valence-electron chi connectivity index (χ1n) is 4.07. The fraction of sp³-hybridized carbons (Fsp3) is 0.875. The quantitative estimate of drug-likeness (QED) is 0.660. The molecule has 0 radical (unpaired) electrons. The summed E-state index contributed by atoms with van der Waals surface area (Å²) < 4.78 is 5.23. The van der Waals surface area contributed by atoms with Gasteiger partial charge in [-0.05, 0) is 24.6 Å². The predicted octanol–water partition coefficient (Wildman–Crippen LogP) is 1.94. The van der Waals surface area contributed by atoms with Gasteiger partial charge in [-0.2, -0.15) is 0 Å². The van der Waals surface area contributed by atoms with Crippen molar-refractivity contribution in [2.24, 2.45) is 5.92 Å². The van der Waals surface area contributed by atoms with Crippen LogP contribution in [0.3, 0.4) is 0 Å². The van der Waals surface area contributed by atoms with Crippen molar-refractivity contribution in [3.8, 4) is 0 Å². The first-order valence-corrected chi connectivity index (χ1v) is 4.48. The number of hydrogen-bond acceptors (Lipinski definition) is 2. The Balaban J connectivity index is 3.23. The van der Waals surface area contributed by atoms with Crippen LogP contribution in [0.4, 0.5) is 0 Å². The van der Waals surface area contributed by atoms with Crippen LogP contribution in [0.2, 0.25) is 0 Å². The van der Waals surface area contributed by atoms with Crippen LogP contribution in [0.5, 0.6) is 0 Å². The Bertz CT molecular complexity index is 115. The Morgan fingerprint density at radius 1 is 1.55 bits per heavy atom. The highest BCUT2D eigenvalue weighted by molar-refractivity contribution is 7.80. The summed E-state index contributed by atoms with van der Waals surface area (Å²) in [6.45, 7) is 7.90. The van der Waals surface area contributed by atoms with Gasteiger partial charge >= 0.3 is 0 Å². The highest BCUT2D eigenvalue weighted by atomic mass is 32.1. The lowest BCUT2D eigenvalue weighted by molar-refractivity contribution is 0.254. The topological polar surface area (TPSA) is 21.3 Å². The van der Waals surface area contributed by atoms with Crippen molar-refractivity contribution in [2.75, 3.05) is 13.2 Å². The second-order valence-electron chi connectivity index (χ2n) is 2.92. The molecule has 0 heterocycles. The van der Waals surface area contributed by atoms with Crippen molar-refractivity contribution in [3.05, 3.63) is 0 Å². The third kappa shape index (κ3) is 7.59. The van der Waals surface area contributed by atoms with E-state index in [2.05, 4.69) is 26.1 Å². The van der Waals surface area contributed by atoms with Crippen LogP contribution in [-0.2, 0) is 4.74 Å². The van der Waals surface area contributed by atoms with E-state index in [1.54, 1.807) is 0 Å². The van der Waals surface area contributed by atoms with Gasteiger partial charge in [0.05, 0.1) is 6.61 Å². The van der Waals surface area contributed by atoms with Crippen LogP contribution < -0.4 is 5.32 Å². The molecule has 0 fully saturated rings. The summed E-state index contributed by atoms with van der Waals surface area (Å²) in [6.07, 6.45) is 1.07. The normalized spacial score (nSPS) is 9.82. The zero-order valence-electron chi connectivity index (χ0n) is 7.52. The maximum Gasteiger partial charge on any atom is 0.256 e. The van der Waals surface area contributed by atoms with Gasteiger partial charge in [-0.3, -0.25) is 0 Å². The molecule has 0 spiro atoms. The number of rotatable bonds is 4. The van der Waals surface area contributed by atoms with Crippen molar-refractivity contribution >= 4 is 17.4 Å². The molecule has 0 amide bonds. The molecule has 0 aliphatic carbocycles. The van der Waals surface area contributed by atoms with E-state index >= 15 is 0 Å². The van der Waals surface area contributed by atoms with Gasteiger partial charge < -0.3 is 10.1 Å². The SMILES string of the molecule is CCCNC(=S)OCC(C)C. The molecule has 0 bridgehead atoms. The molecule has 0 aromatic carbocycles. The predicted molar refractivity (Wildman–Crippen MR) is 51.7 cm³/mol. The molecule has 3 heteroatoms. The highest BCUT2D eigenvalue weighted by Gasteiger charge is 1.97. The summed E-state index contributed by atoms with van der Waals surface area (Å²) in [5.41, 5.74) is 0. The molecule has 66 valence electrons. The minimum absolute atomic E-state index is 0.528. The highest BCUT2D eigenvalue weighted by Crippen LogP contribution is 1.92. The van der Waals surface area contributed by atoms with Gasteiger partial charge in [0.1, 0.15) is 0 Å². The summed E-state index contributed by atoms with van der Waals surface area (Å²) in [5, 5.41) is 3.53. The fourth-order valence-corrected chi connectivity index (χ4v) is 0.691. The lowest BCUT2D eigenvalue weighted by atomic mass is 10.2. The Kier molecular flexibility index (Phi) is 6.22. The summed E-state index contributed by atoms with van der Waals surface area (Å²) in [4.78, 5) is 0. The van der Waals surface area contributed by atoms with Crippen molar-refractivity contribution in [3.63, 3.8) is 0 Å². The fourth-order valence-electron chi connectivity index (χ4n) is 0.520. The molecule has 0 aromatic rings. The molecule has 0 unspecified atom stereocenters. The molecule has 0 aliphatic rings. The average molecular weight is 175 g/mol. The van der Waals surface area contributed by atoms with Crippen molar-refractivity contribution < 1.29 is 4.74 Å². The maximum atomic E-state index is 5.23. The standard InChI is InChI=1S/C8H17NOS/c1-4-5-9-8(11)10-6-7(2)3/h7H,4-6H2,1-3H3,(H,9,11). The summed E-state index contributed by atoms with van der Waals surface area (Å²) in [7, 11) is 0. The van der Waals surface area contributed by atoms with E-state index < -0.39 is 0 Å². The molecule has 11 heavy (non-hydrogen) atoms. The van der Waals surface area contributed by atoms with Gasteiger partial charge in [-0.25, -0.2) is 0 Å². The maximum absolute atomic E-state index is 5.23. The minimum atomic E-state index is 0.528. The number of thiocarbonyl (C=S) groups is 1. The second kappa shape index (κ2) is 6.40. The molecule has 2 nitrogen and oxygen atoms in total. The lowest BCUT2D eigenvalue weighted by Crippen LogP contribution is -2.25. The van der Waals surface area contributed by atoms with Gasteiger partial charge in [0, 0.05) is 6.54 Å². The van der Waals surface area contributed by atoms with Crippen LogP contribution in [-0.4, -0.2) is 18.3 Å². The Morgan fingerprint density at radius 2 is 2.18 bits per heavy atom. The third-order valence-electron chi connectivity index (χ3n) is 1.07. The molecule has 0 saturated heterocycles. The Hall–Kier alpha value is -0.310. The van der Waals surface area contributed by atoms with Crippen LogP contribution in [0, 0.1) is 5.92 Å². The Morgan fingerprint density at radius 3 is 2.64 bits per heavy atom. The number of hydrogen-bond donors (Lipinski definition) is 1. The number of nitrogens with one attached hydrogen (secondary N) is 1. The van der Waals surface area contributed by atoms with Gasteiger partial charge in [0.25, 0.3) is 5.17 Å². The molecule has 0 saturated carbocycles. The summed E-state index contributed by atoms with van der Waals surface area (Å²) in [6, 6.07) is 0. The molecule has 0 aromatic heterocycles. The van der Waals surface area contributed by atoms with Crippen molar-refractivity contribution in [1.29, 1.82) is 0 Å². The summed E-state index contributed by atoms with van der Waals surface area (Å²) in [5.74, 6) is 0.538. The first kappa shape index (κ1) is 10.7. The zero-order chi connectivity index (χ0) is 8.69. The van der Waals surface area contributed by atoms with E-state index in [9.17, 15) is 0 Å². The largest absolute Gasteiger partial charge is 0.471 e. The summed E-state index contributed by atoms with van der Waals surface area (Å²) >= 11 is 4.90. The van der Waals surface area contributed by atoms with Gasteiger partial charge in [-0.15, -0.1) is 0 Å². The number of ether oxygens (including phenoxy) is 1. The lowest BCUT2D eigenvalue weighted by Gasteiger charge is -2.10. The first-order chi connectivity index (χ1) is 5.16. The molecule has 0 aliphatic heterocycles. The van der Waals surface area contributed by atoms with E-state index in [-0.39, 0.29) is 0 Å². The van der Waals surface area contributed by atoms with Gasteiger partial charge in [0.2, 0.25) is 0 Å². The van der Waals surface area contributed by atoms with Crippen molar-refractivity contribution in [2.45, 2.75) is 27.2 Å². The monoisotopic (exact) mass is 175 g/mol. The van der Waals surface area contributed by atoms with E-state index in [1.807, 2.05) is 0 Å². The molecular formula is C8H17NOS. The van der Waals surface area contributed by atoms with E-state index in [1.165, 1.54) is 0 Å². The second-order valence-corrected chi connectivity index (χ2v) is 3.29. The van der Waals surface area contributed by atoms with Gasteiger partial charge in [-0.1, -0.05) is 20.8 Å². The van der Waals surface area contributed by atoms with E-state index in [0.717, 1.165) is 13.0 Å². The third-order valence-corrected chi connectivity index (χ3v) is 1.33. The van der Waals surface area contributed by atoms with Crippen LogP contribution in [0.25, 0.3) is 0 Å². The Labute approximate surface area is 74.3 Å². The van der Waals surface area contributed by atoms with E-state index in [4.69, 9.17) is 17.0 Å². The van der Waals surface area contributed by atoms with Crippen LogP contribution >= 0.6 is 12.2 Å². The molecular weight excluding hydrogens is 158 g/mol. The molecule has 0 atom stereocenters. The van der Waals surface area contributed by atoms with Crippen LogP contribution in [0.15, 0.2) is 0 Å². The van der Waals surface area contributed by atoms with E-state index in [0.29, 0.717) is 17.7 Å². The van der Waals surface area contributed by atoms with Crippen LogP contribution in [0.1, 0.15) is 27.2 Å². The van der Waals surface area contributed by atoms with Gasteiger partial charge in [0.15, 0.2) is 0 Å².